The quantitative estimate of drug-likeness (QED) is 0.585. The second kappa shape index (κ2) is 4.58. The molecule has 1 nitrogen and oxygen atoms in total. The molecule has 0 atom stereocenters. The van der Waals surface area contributed by atoms with Crippen LogP contribution in [-0.2, 0) is 35.9 Å². The van der Waals surface area contributed by atoms with Crippen molar-refractivity contribution < 1.29 is 35.9 Å². The summed E-state index contributed by atoms with van der Waals surface area (Å²) in [7, 11) is 0. The Bertz CT molecular complexity index is 201. The zero-order valence-electron chi connectivity index (χ0n) is 12.4. The van der Waals surface area contributed by atoms with Crippen LogP contribution in [0.1, 0.15) is 41.5 Å². The first kappa shape index (κ1) is 16.4. The minimum absolute atomic E-state index is 0.358. The Labute approximate surface area is 105 Å². The van der Waals surface area contributed by atoms with Gasteiger partial charge in [0.2, 0.25) is 0 Å². The summed E-state index contributed by atoms with van der Waals surface area (Å²) in [5.41, 5.74) is 0. The molecule has 3 heteroatoms. The van der Waals surface area contributed by atoms with E-state index in [-0.39, 0.29) is 0 Å². The van der Waals surface area contributed by atoms with Crippen LogP contribution >= 0.6 is 0 Å². The van der Waals surface area contributed by atoms with E-state index in [2.05, 4.69) is 62.5 Å². The third-order valence-electron chi connectivity index (χ3n) is 3.37. The van der Waals surface area contributed by atoms with Crippen LogP contribution in [0.3, 0.4) is 0 Å². The zero-order valence-corrected chi connectivity index (χ0v) is 15.5. The maximum atomic E-state index is 6.73. The Morgan fingerprint density at radius 1 is 0.667 bits per heavy atom. The summed E-state index contributed by atoms with van der Waals surface area (Å²) in [5.74, 6) is 0. The van der Waals surface area contributed by atoms with Gasteiger partial charge in [-0.1, -0.05) is 0 Å². The molecule has 0 unspecified atom stereocenters. The van der Waals surface area contributed by atoms with E-state index in [0.29, 0.717) is 7.44 Å². The molecule has 15 heavy (non-hydrogen) atoms. The molecule has 0 aliphatic rings. The predicted octanol–water partition coefficient (Wildman–Crippen LogP) is 5.77. The average molecular weight is 286 g/mol. The molecule has 0 aromatic rings. The first-order valence-corrected chi connectivity index (χ1v) is 15.0. The Kier molecular flexibility index (Phi) is 5.00. The molecule has 0 aliphatic heterocycles. The van der Waals surface area contributed by atoms with Crippen molar-refractivity contribution in [1.82, 2.24) is 0 Å². The van der Waals surface area contributed by atoms with Crippen LogP contribution in [0.25, 0.3) is 0 Å². The summed E-state index contributed by atoms with van der Waals surface area (Å²) < 4.78 is 7.44. The van der Waals surface area contributed by atoms with Crippen molar-refractivity contribution in [3.05, 3.63) is 0 Å². The number of hydrogen-bond acceptors (Lipinski definition) is 1. The summed E-state index contributed by atoms with van der Waals surface area (Å²) in [5, 5.41) is 9.56. The normalized spacial score (nSPS) is 15.6. The van der Waals surface area contributed by atoms with E-state index in [1.165, 1.54) is 0 Å². The molecule has 0 fully saturated rings. The second-order valence-electron chi connectivity index (χ2n) is 7.75. The van der Waals surface area contributed by atoms with Crippen LogP contribution < -0.4 is 0 Å². The third-order valence-corrected chi connectivity index (χ3v) is 20.5. The summed E-state index contributed by atoms with van der Waals surface area (Å²) in [6.45, 7) is 14.2. The summed E-state index contributed by atoms with van der Waals surface area (Å²) >= 11 is -4.20. The monoisotopic (exact) mass is 286 g/mol. The molecule has 92 valence electrons. The van der Waals surface area contributed by atoms with Gasteiger partial charge in [0.1, 0.15) is 0 Å². The average Bonchev–Trinajstić information content (AvgIpc) is 1.77. The van der Waals surface area contributed by atoms with Crippen molar-refractivity contribution in [2.45, 2.75) is 69.9 Å². The van der Waals surface area contributed by atoms with Gasteiger partial charge in [0.25, 0.3) is 0 Å². The van der Waals surface area contributed by atoms with E-state index in [0.717, 1.165) is 0 Å². The van der Waals surface area contributed by atoms with Crippen molar-refractivity contribution in [2.75, 3.05) is 0 Å². The molecule has 0 bridgehead atoms. The van der Waals surface area contributed by atoms with Gasteiger partial charge in [-0.2, -0.15) is 0 Å². The molecule has 0 aromatic carbocycles. The van der Waals surface area contributed by atoms with Gasteiger partial charge in [-0.25, -0.2) is 0 Å². The Balaban J connectivity index is 5.26. The molecule has 0 saturated carbocycles. The van der Waals surface area contributed by atoms with Gasteiger partial charge >= 0.3 is 106 Å². The van der Waals surface area contributed by atoms with Gasteiger partial charge in [-0.3, -0.25) is 0 Å². The fourth-order valence-electron chi connectivity index (χ4n) is 2.04. The Hall–Kier alpha value is 1.39. The van der Waals surface area contributed by atoms with Crippen molar-refractivity contribution in [1.29, 1.82) is 0 Å². The molecule has 0 radical (unpaired) electrons. The predicted molar refractivity (Wildman–Crippen MR) is 64.0 cm³/mol. The van der Waals surface area contributed by atoms with Gasteiger partial charge in [0.15, 0.2) is 0 Å². The van der Waals surface area contributed by atoms with E-state index in [4.69, 9.17) is 1.90 Å². The number of rotatable bonds is 2. The van der Waals surface area contributed by atoms with Crippen LogP contribution in [0.15, 0.2) is 0 Å². The van der Waals surface area contributed by atoms with Crippen LogP contribution in [-0.4, -0.2) is 0 Å². The fourth-order valence-corrected chi connectivity index (χ4v) is 20.3. The first-order chi connectivity index (χ1) is 6.21. The summed E-state index contributed by atoms with van der Waals surface area (Å²) in [6, 6.07) is 0. The van der Waals surface area contributed by atoms with Crippen LogP contribution in [0, 0.1) is 0 Å². The van der Waals surface area contributed by atoms with E-state index < -0.39 is 34.0 Å². The maximum absolute atomic E-state index is 6.73. The van der Waals surface area contributed by atoms with E-state index in [1.807, 2.05) is 0 Å². The molecule has 0 spiro atoms. The molecule has 0 aromatic heterocycles. The Morgan fingerprint density at radius 2 is 0.933 bits per heavy atom. The molecular weight excluding hydrogens is 256 g/mol. The standard InChI is InChI=1S/2C4H9.4CH3.O.2Ti/c2*1-4(2)3;;;;;;;/h2*1-3H3;4*1H3;;;. The number of hydrogen-bond donors (Lipinski definition) is 0. The molecule has 0 heterocycles. The van der Waals surface area contributed by atoms with E-state index >= 15 is 0 Å². The van der Waals surface area contributed by atoms with Crippen molar-refractivity contribution >= 4 is 0 Å². The summed E-state index contributed by atoms with van der Waals surface area (Å²) in [4.78, 5) is 0. The van der Waals surface area contributed by atoms with Gasteiger partial charge < -0.3 is 0 Å². The van der Waals surface area contributed by atoms with Crippen molar-refractivity contribution in [2.24, 2.45) is 0 Å². The molecule has 0 saturated heterocycles. The summed E-state index contributed by atoms with van der Waals surface area (Å²) in [6.07, 6.45) is 0. The second-order valence-corrected chi connectivity index (χ2v) is 23.9. The topological polar surface area (TPSA) is 9.23 Å². The van der Waals surface area contributed by atoms with Crippen molar-refractivity contribution in [3.63, 3.8) is 0 Å². The Morgan fingerprint density at radius 3 is 1.00 bits per heavy atom. The van der Waals surface area contributed by atoms with Crippen molar-refractivity contribution in [3.8, 4) is 0 Å². The fraction of sp³-hybridized carbons (Fsp3) is 1.00. The van der Waals surface area contributed by atoms with Crippen LogP contribution in [0.5, 0.6) is 0 Å². The van der Waals surface area contributed by atoms with Crippen LogP contribution in [0.4, 0.5) is 0 Å². The van der Waals surface area contributed by atoms with Gasteiger partial charge in [-0.15, -0.1) is 0 Å². The zero-order chi connectivity index (χ0) is 12.7. The van der Waals surface area contributed by atoms with Gasteiger partial charge in [0, 0.05) is 0 Å². The van der Waals surface area contributed by atoms with Gasteiger partial charge in [0.05, 0.1) is 0 Å². The SMILES string of the molecule is C[C](C)(C)[Ti]([CH3])([O][Ti]([CH3])([CH3])[CH3])[C](C)(C)C. The van der Waals surface area contributed by atoms with Crippen LogP contribution in [0.2, 0.25) is 28.4 Å². The minimum atomic E-state index is -2.28. The third kappa shape index (κ3) is 4.28. The van der Waals surface area contributed by atoms with E-state index in [1.54, 1.807) is 0 Å². The van der Waals surface area contributed by atoms with Gasteiger partial charge in [-0.05, 0) is 0 Å². The molecular formula is C12H30OTi2. The van der Waals surface area contributed by atoms with E-state index in [9.17, 15) is 0 Å². The molecule has 0 aliphatic carbocycles. The molecule has 0 N–H and O–H groups in total. The molecule has 0 rings (SSSR count). The first-order valence-electron chi connectivity index (χ1n) is 5.91. The molecule has 0 amide bonds.